The molecular weight excluding hydrogens is 230 g/mol. The molecule has 17 heavy (non-hydrogen) atoms. The first-order valence-electron chi connectivity index (χ1n) is 7.14. The molecule has 0 saturated carbocycles. The zero-order chi connectivity index (χ0) is 12.3. The third-order valence-corrected chi connectivity index (χ3v) is 5.77. The fourth-order valence-corrected chi connectivity index (χ4v) is 4.75. The first-order valence-corrected chi connectivity index (χ1v) is 8.29. The maximum Gasteiger partial charge on any atom is 0.0783 e. The molecule has 3 heteroatoms. The van der Waals surface area contributed by atoms with Gasteiger partial charge in [0.2, 0.25) is 0 Å². The van der Waals surface area contributed by atoms with E-state index in [1.165, 1.54) is 43.6 Å². The molecule has 0 aromatic rings. The van der Waals surface area contributed by atoms with Crippen LogP contribution in [0.1, 0.15) is 46.0 Å². The minimum absolute atomic E-state index is 0.192. The van der Waals surface area contributed by atoms with Crippen LogP contribution < -0.4 is 5.73 Å². The molecule has 2 heterocycles. The smallest absolute Gasteiger partial charge is 0.0783 e. The Bertz CT molecular complexity index is 240. The molecule has 2 N–H and O–H groups in total. The molecule has 0 aliphatic carbocycles. The van der Waals surface area contributed by atoms with Gasteiger partial charge in [0.25, 0.3) is 0 Å². The molecule has 0 amide bonds. The van der Waals surface area contributed by atoms with Gasteiger partial charge in [0.15, 0.2) is 0 Å². The van der Waals surface area contributed by atoms with Crippen molar-refractivity contribution in [2.24, 2.45) is 17.6 Å². The predicted molar refractivity (Wildman–Crippen MR) is 75.4 cm³/mol. The van der Waals surface area contributed by atoms with Gasteiger partial charge in [-0.05, 0) is 43.3 Å². The summed E-state index contributed by atoms with van der Waals surface area (Å²) in [4.78, 5) is 0. The minimum Gasteiger partial charge on any atom is -0.374 e. The van der Waals surface area contributed by atoms with E-state index in [0.29, 0.717) is 17.9 Å². The van der Waals surface area contributed by atoms with Crippen molar-refractivity contribution in [3.63, 3.8) is 0 Å². The van der Waals surface area contributed by atoms with Crippen molar-refractivity contribution in [2.45, 2.75) is 57.6 Å². The third-order valence-electron chi connectivity index (χ3n) is 4.54. The fraction of sp³-hybridized carbons (Fsp3) is 1.00. The lowest BCUT2D eigenvalue weighted by Crippen LogP contribution is -2.47. The van der Waals surface area contributed by atoms with Crippen molar-refractivity contribution in [2.75, 3.05) is 18.1 Å². The van der Waals surface area contributed by atoms with Gasteiger partial charge in [0, 0.05) is 18.4 Å². The fourth-order valence-electron chi connectivity index (χ4n) is 3.37. The van der Waals surface area contributed by atoms with Gasteiger partial charge in [-0.1, -0.05) is 20.3 Å². The van der Waals surface area contributed by atoms with Crippen LogP contribution in [0.4, 0.5) is 0 Å². The Kier molecular flexibility index (Phi) is 4.79. The van der Waals surface area contributed by atoms with Gasteiger partial charge in [-0.3, -0.25) is 0 Å². The number of hydrogen-bond acceptors (Lipinski definition) is 3. The second-order valence-electron chi connectivity index (χ2n) is 5.93. The van der Waals surface area contributed by atoms with E-state index >= 15 is 0 Å². The van der Waals surface area contributed by atoms with Crippen molar-refractivity contribution >= 4 is 11.8 Å². The first kappa shape index (κ1) is 13.7. The molecule has 4 atom stereocenters. The van der Waals surface area contributed by atoms with E-state index in [1.54, 1.807) is 0 Å². The van der Waals surface area contributed by atoms with Crippen molar-refractivity contribution in [1.29, 1.82) is 0 Å². The maximum atomic E-state index is 6.47. The summed E-state index contributed by atoms with van der Waals surface area (Å²) < 4.78 is 6.07. The van der Waals surface area contributed by atoms with Gasteiger partial charge < -0.3 is 10.5 Å². The van der Waals surface area contributed by atoms with Crippen LogP contribution in [0.25, 0.3) is 0 Å². The van der Waals surface area contributed by atoms with E-state index in [9.17, 15) is 0 Å². The number of rotatable bonds is 4. The molecule has 0 bridgehead atoms. The largest absolute Gasteiger partial charge is 0.374 e. The summed E-state index contributed by atoms with van der Waals surface area (Å²) in [5.74, 6) is 3.81. The number of hydrogen-bond donors (Lipinski definition) is 1. The topological polar surface area (TPSA) is 35.2 Å². The van der Waals surface area contributed by atoms with Gasteiger partial charge in [-0.15, -0.1) is 0 Å². The van der Waals surface area contributed by atoms with Crippen molar-refractivity contribution in [1.82, 2.24) is 0 Å². The molecular formula is C14H27NOS. The molecule has 2 nitrogen and oxygen atoms in total. The molecule has 2 saturated heterocycles. The number of thioether (sulfide) groups is 1. The number of ether oxygens (including phenoxy) is 1. The number of nitrogens with two attached hydrogens (primary N) is 1. The lowest BCUT2D eigenvalue weighted by atomic mass is 9.77. The SMILES string of the molecule is CCCC(C)C(N)C1CCOC2(CCSC2)C1. The third kappa shape index (κ3) is 3.18. The van der Waals surface area contributed by atoms with Crippen molar-refractivity contribution in [3.05, 3.63) is 0 Å². The van der Waals surface area contributed by atoms with Gasteiger partial charge in [-0.2, -0.15) is 11.8 Å². The monoisotopic (exact) mass is 257 g/mol. The summed E-state index contributed by atoms with van der Waals surface area (Å²) in [5.41, 5.74) is 6.66. The van der Waals surface area contributed by atoms with Crippen LogP contribution in [0.2, 0.25) is 0 Å². The highest BCUT2D eigenvalue weighted by Gasteiger charge is 2.42. The van der Waals surface area contributed by atoms with Crippen LogP contribution >= 0.6 is 11.8 Å². The molecule has 2 aliphatic rings. The second-order valence-corrected chi connectivity index (χ2v) is 7.04. The van der Waals surface area contributed by atoms with Crippen LogP contribution in [0.15, 0.2) is 0 Å². The van der Waals surface area contributed by atoms with Crippen LogP contribution in [0.3, 0.4) is 0 Å². The van der Waals surface area contributed by atoms with Crippen LogP contribution in [-0.2, 0) is 4.74 Å². The molecule has 0 radical (unpaired) electrons. The normalized spacial score (nSPS) is 37.2. The quantitative estimate of drug-likeness (QED) is 0.840. The highest BCUT2D eigenvalue weighted by atomic mass is 32.2. The molecule has 0 aromatic carbocycles. The maximum absolute atomic E-state index is 6.47. The lowest BCUT2D eigenvalue weighted by Gasteiger charge is -2.41. The highest BCUT2D eigenvalue weighted by Crippen LogP contribution is 2.41. The van der Waals surface area contributed by atoms with E-state index in [-0.39, 0.29) is 5.60 Å². The summed E-state index contributed by atoms with van der Waals surface area (Å²) in [6.45, 7) is 5.50. The Morgan fingerprint density at radius 2 is 2.35 bits per heavy atom. The minimum atomic E-state index is 0.192. The summed E-state index contributed by atoms with van der Waals surface area (Å²) in [7, 11) is 0. The van der Waals surface area contributed by atoms with E-state index < -0.39 is 0 Å². The Labute approximate surface area is 110 Å². The summed E-state index contributed by atoms with van der Waals surface area (Å²) in [6, 6.07) is 0.376. The highest BCUT2D eigenvalue weighted by molar-refractivity contribution is 7.99. The van der Waals surface area contributed by atoms with Gasteiger partial charge in [0.05, 0.1) is 5.60 Å². The Morgan fingerprint density at radius 3 is 3.00 bits per heavy atom. The molecule has 2 rings (SSSR count). The van der Waals surface area contributed by atoms with E-state index in [2.05, 4.69) is 13.8 Å². The Balaban J connectivity index is 1.92. The van der Waals surface area contributed by atoms with Gasteiger partial charge >= 0.3 is 0 Å². The van der Waals surface area contributed by atoms with Crippen molar-refractivity contribution < 1.29 is 4.74 Å². The van der Waals surface area contributed by atoms with E-state index in [4.69, 9.17) is 10.5 Å². The molecule has 2 fully saturated rings. The van der Waals surface area contributed by atoms with Crippen LogP contribution in [0, 0.1) is 11.8 Å². The summed E-state index contributed by atoms with van der Waals surface area (Å²) in [5, 5.41) is 0. The zero-order valence-corrected chi connectivity index (χ0v) is 12.1. The molecule has 1 spiro atoms. The first-order chi connectivity index (χ1) is 8.17. The lowest BCUT2D eigenvalue weighted by molar-refractivity contribution is -0.0857. The average molecular weight is 257 g/mol. The average Bonchev–Trinajstić information content (AvgIpc) is 2.76. The zero-order valence-electron chi connectivity index (χ0n) is 11.3. The molecule has 4 unspecified atom stereocenters. The molecule has 2 aliphatic heterocycles. The van der Waals surface area contributed by atoms with Crippen LogP contribution in [-0.4, -0.2) is 29.8 Å². The van der Waals surface area contributed by atoms with Gasteiger partial charge in [0.1, 0.15) is 0 Å². The Morgan fingerprint density at radius 1 is 1.53 bits per heavy atom. The standard InChI is InChI=1S/C14H27NOS/c1-3-4-11(2)13(15)12-5-7-16-14(9-12)6-8-17-10-14/h11-13H,3-10,15H2,1-2H3. The predicted octanol–water partition coefficient (Wildman–Crippen LogP) is 3.05. The Hall–Kier alpha value is 0.270. The van der Waals surface area contributed by atoms with Crippen LogP contribution in [0.5, 0.6) is 0 Å². The molecule has 0 aromatic heterocycles. The van der Waals surface area contributed by atoms with E-state index in [0.717, 1.165) is 6.61 Å². The second kappa shape index (κ2) is 5.94. The van der Waals surface area contributed by atoms with E-state index in [1.807, 2.05) is 11.8 Å². The summed E-state index contributed by atoms with van der Waals surface area (Å²) in [6.07, 6.45) is 6.12. The molecule has 100 valence electrons. The van der Waals surface area contributed by atoms with Gasteiger partial charge in [-0.25, -0.2) is 0 Å². The summed E-state index contributed by atoms with van der Waals surface area (Å²) >= 11 is 2.05. The van der Waals surface area contributed by atoms with Crippen molar-refractivity contribution in [3.8, 4) is 0 Å².